The van der Waals surface area contributed by atoms with Gasteiger partial charge in [-0.15, -0.1) is 0 Å². The van der Waals surface area contributed by atoms with Crippen LogP contribution in [0.4, 0.5) is 0 Å². The zero-order valence-corrected chi connectivity index (χ0v) is 19.3. The van der Waals surface area contributed by atoms with Crippen molar-refractivity contribution < 1.29 is 9.59 Å². The summed E-state index contributed by atoms with van der Waals surface area (Å²) in [6, 6.07) is 19.6. The second-order valence-electron chi connectivity index (χ2n) is 8.85. The first-order valence-electron chi connectivity index (χ1n) is 11.6. The van der Waals surface area contributed by atoms with Gasteiger partial charge < -0.3 is 10.6 Å². The normalized spacial score (nSPS) is 16.0. The summed E-state index contributed by atoms with van der Waals surface area (Å²) in [5, 5.41) is 5.93. The number of piperazine rings is 1. The van der Waals surface area contributed by atoms with Crippen molar-refractivity contribution in [3.05, 3.63) is 71.8 Å². The molecule has 0 aliphatic carbocycles. The van der Waals surface area contributed by atoms with E-state index in [-0.39, 0.29) is 24.2 Å². The molecule has 1 saturated heterocycles. The van der Waals surface area contributed by atoms with Gasteiger partial charge in [0.1, 0.15) is 6.04 Å². The number of nitrogens with zero attached hydrogens (tertiary/aromatic N) is 2. The van der Waals surface area contributed by atoms with Crippen LogP contribution in [0.5, 0.6) is 0 Å². The third-order valence-corrected chi connectivity index (χ3v) is 5.91. The lowest BCUT2D eigenvalue weighted by molar-refractivity contribution is -0.129. The van der Waals surface area contributed by atoms with Crippen molar-refractivity contribution in [3.63, 3.8) is 0 Å². The van der Waals surface area contributed by atoms with E-state index in [0.717, 1.165) is 44.8 Å². The molecular weight excluding hydrogens is 400 g/mol. The fourth-order valence-corrected chi connectivity index (χ4v) is 4.00. The molecule has 32 heavy (non-hydrogen) atoms. The molecule has 0 radical (unpaired) electrons. The van der Waals surface area contributed by atoms with Crippen LogP contribution in [0, 0.1) is 5.92 Å². The molecule has 3 rings (SSSR count). The van der Waals surface area contributed by atoms with Gasteiger partial charge in [0, 0.05) is 45.8 Å². The molecule has 0 aromatic heterocycles. The Morgan fingerprint density at radius 3 is 2.00 bits per heavy atom. The van der Waals surface area contributed by atoms with Gasteiger partial charge in [-0.25, -0.2) is 0 Å². The molecule has 1 unspecified atom stereocenters. The van der Waals surface area contributed by atoms with Crippen molar-refractivity contribution in [3.8, 4) is 0 Å². The zero-order chi connectivity index (χ0) is 22.8. The van der Waals surface area contributed by atoms with E-state index in [4.69, 9.17) is 0 Å². The number of hydrogen-bond donors (Lipinski definition) is 2. The summed E-state index contributed by atoms with van der Waals surface area (Å²) in [7, 11) is 0. The van der Waals surface area contributed by atoms with E-state index in [1.807, 2.05) is 50.2 Å². The molecule has 1 heterocycles. The fraction of sp³-hybridized carbons (Fsp3) is 0.462. The molecule has 2 aromatic carbocycles. The molecule has 6 heteroatoms. The maximum Gasteiger partial charge on any atom is 0.242 e. The largest absolute Gasteiger partial charge is 0.353 e. The summed E-state index contributed by atoms with van der Waals surface area (Å²) >= 11 is 0. The third kappa shape index (κ3) is 7.77. The van der Waals surface area contributed by atoms with Gasteiger partial charge in [0.25, 0.3) is 0 Å². The van der Waals surface area contributed by atoms with Gasteiger partial charge in [-0.3, -0.25) is 19.4 Å². The van der Waals surface area contributed by atoms with E-state index >= 15 is 0 Å². The minimum atomic E-state index is -0.520. The fourth-order valence-electron chi connectivity index (χ4n) is 4.00. The second kappa shape index (κ2) is 12.4. The number of hydrogen-bond acceptors (Lipinski definition) is 4. The maximum atomic E-state index is 12.7. The van der Waals surface area contributed by atoms with Gasteiger partial charge in [0.05, 0.1) is 6.42 Å². The molecule has 6 nitrogen and oxygen atoms in total. The highest BCUT2D eigenvalue weighted by molar-refractivity contribution is 5.88. The summed E-state index contributed by atoms with van der Waals surface area (Å²) in [5.41, 5.74) is 2.29. The molecule has 1 atom stereocenters. The Hall–Kier alpha value is -2.70. The molecule has 1 aliphatic rings. The van der Waals surface area contributed by atoms with Crippen molar-refractivity contribution in [2.45, 2.75) is 32.9 Å². The second-order valence-corrected chi connectivity index (χ2v) is 8.85. The average molecular weight is 437 g/mol. The summed E-state index contributed by atoms with van der Waals surface area (Å²) in [4.78, 5) is 30.0. The van der Waals surface area contributed by atoms with E-state index < -0.39 is 6.04 Å². The number of carbonyl (C=O) groups is 2. The number of benzene rings is 2. The molecular formula is C26H36N4O2. The van der Waals surface area contributed by atoms with Crippen LogP contribution in [0.15, 0.2) is 60.7 Å². The van der Waals surface area contributed by atoms with E-state index in [1.54, 1.807) is 0 Å². The number of carbonyl (C=O) groups excluding carboxylic acids is 2. The summed E-state index contributed by atoms with van der Waals surface area (Å²) in [5.74, 6) is -0.208. The monoisotopic (exact) mass is 436 g/mol. The Morgan fingerprint density at radius 2 is 1.41 bits per heavy atom. The summed E-state index contributed by atoms with van der Waals surface area (Å²) < 4.78 is 0. The Labute approximate surface area is 192 Å². The van der Waals surface area contributed by atoms with Crippen LogP contribution in [0.1, 0.15) is 25.0 Å². The van der Waals surface area contributed by atoms with Gasteiger partial charge in [0.15, 0.2) is 0 Å². The maximum absolute atomic E-state index is 12.7. The van der Waals surface area contributed by atoms with Gasteiger partial charge in [0.2, 0.25) is 11.8 Å². The van der Waals surface area contributed by atoms with Crippen LogP contribution in [0.25, 0.3) is 0 Å². The third-order valence-electron chi connectivity index (χ3n) is 5.91. The van der Waals surface area contributed by atoms with Gasteiger partial charge in [-0.2, -0.15) is 0 Å². The van der Waals surface area contributed by atoms with Crippen molar-refractivity contribution in [2.75, 3.05) is 39.3 Å². The lowest BCUT2D eigenvalue weighted by Crippen LogP contribution is -2.52. The van der Waals surface area contributed by atoms with Crippen LogP contribution in [-0.2, 0) is 22.6 Å². The molecule has 2 aromatic rings. The number of nitrogens with one attached hydrogen (secondary N) is 2. The zero-order valence-electron chi connectivity index (χ0n) is 19.3. The van der Waals surface area contributed by atoms with Crippen LogP contribution in [0.3, 0.4) is 0 Å². The molecule has 1 aliphatic heterocycles. The van der Waals surface area contributed by atoms with Crippen molar-refractivity contribution in [1.29, 1.82) is 0 Å². The van der Waals surface area contributed by atoms with Gasteiger partial charge in [-0.1, -0.05) is 74.5 Å². The van der Waals surface area contributed by atoms with Crippen LogP contribution < -0.4 is 10.6 Å². The van der Waals surface area contributed by atoms with Gasteiger partial charge >= 0.3 is 0 Å². The number of rotatable bonds is 10. The lowest BCUT2D eigenvalue weighted by Gasteiger charge is -2.34. The highest BCUT2D eigenvalue weighted by atomic mass is 16.2. The highest BCUT2D eigenvalue weighted by Gasteiger charge is 2.24. The Bertz CT molecular complexity index is 833. The lowest BCUT2D eigenvalue weighted by atomic mass is 10.0. The molecule has 2 N–H and O–H groups in total. The Kier molecular flexibility index (Phi) is 9.26. The quantitative estimate of drug-likeness (QED) is 0.600. The van der Waals surface area contributed by atoms with Crippen molar-refractivity contribution in [1.82, 2.24) is 20.4 Å². The first-order valence-corrected chi connectivity index (χ1v) is 11.6. The summed E-state index contributed by atoms with van der Waals surface area (Å²) in [6.45, 7) is 10.4. The average Bonchev–Trinajstić information content (AvgIpc) is 2.80. The molecule has 0 saturated carbocycles. The molecule has 2 amide bonds. The molecule has 0 bridgehead atoms. The smallest absolute Gasteiger partial charge is 0.242 e. The molecule has 1 fully saturated rings. The van der Waals surface area contributed by atoms with E-state index in [1.165, 1.54) is 5.56 Å². The van der Waals surface area contributed by atoms with Crippen molar-refractivity contribution in [2.24, 2.45) is 5.92 Å². The first-order chi connectivity index (χ1) is 15.5. The van der Waals surface area contributed by atoms with Crippen LogP contribution in [0.2, 0.25) is 0 Å². The van der Waals surface area contributed by atoms with E-state index in [2.05, 4.69) is 44.7 Å². The Balaban J connectivity index is 1.36. The molecule has 0 spiro atoms. The standard InChI is InChI=1S/C26H36N4O2/c1-21(2)25(28-24(31)19-22-9-5-3-6-10-22)26(32)27-13-14-29-15-17-30(18-16-29)20-23-11-7-4-8-12-23/h3-12,21,25H,13-20H2,1-2H3,(H,27,32)(H,28,31). The highest BCUT2D eigenvalue weighted by Crippen LogP contribution is 2.08. The Morgan fingerprint density at radius 1 is 0.844 bits per heavy atom. The van der Waals surface area contributed by atoms with Crippen LogP contribution in [-0.4, -0.2) is 66.9 Å². The van der Waals surface area contributed by atoms with Gasteiger partial charge in [-0.05, 0) is 17.0 Å². The van der Waals surface area contributed by atoms with E-state index in [9.17, 15) is 9.59 Å². The number of amides is 2. The van der Waals surface area contributed by atoms with Crippen LogP contribution >= 0.6 is 0 Å². The molecule has 172 valence electrons. The minimum absolute atomic E-state index is 0.0243. The predicted octanol–water partition coefficient (Wildman–Crippen LogP) is 2.30. The topological polar surface area (TPSA) is 64.7 Å². The predicted molar refractivity (Wildman–Crippen MR) is 128 cm³/mol. The SMILES string of the molecule is CC(C)C(NC(=O)Cc1ccccc1)C(=O)NCCN1CCN(Cc2ccccc2)CC1. The summed E-state index contributed by atoms with van der Waals surface area (Å²) in [6.07, 6.45) is 0.282. The van der Waals surface area contributed by atoms with E-state index in [0.29, 0.717) is 6.54 Å². The first kappa shape index (κ1) is 24.0. The minimum Gasteiger partial charge on any atom is -0.353 e. The van der Waals surface area contributed by atoms with Crippen molar-refractivity contribution >= 4 is 11.8 Å².